The molecule has 0 aromatic carbocycles. The maximum absolute atomic E-state index is 4.16. The lowest BCUT2D eigenvalue weighted by molar-refractivity contribution is -0.655. The first-order valence-corrected chi connectivity index (χ1v) is 3.79. The molecule has 0 radical (unpaired) electrons. The number of hydrogen-bond acceptors (Lipinski definition) is 2. The second-order valence-corrected chi connectivity index (χ2v) is 2.85. The SMILES string of the molecule is CCCC1=NN[N-][N+]12CC2. The fraction of sp³-hybridized carbons (Fsp3) is 0.833. The minimum absolute atomic E-state index is 0.786. The van der Waals surface area contributed by atoms with Gasteiger partial charge in [0.25, 0.3) is 0 Å². The van der Waals surface area contributed by atoms with E-state index in [2.05, 4.69) is 23.1 Å². The molecule has 0 bridgehead atoms. The lowest BCUT2D eigenvalue weighted by Crippen LogP contribution is -2.24. The van der Waals surface area contributed by atoms with Gasteiger partial charge in [0.15, 0.2) is 0 Å². The Morgan fingerprint density at radius 2 is 2.50 bits per heavy atom. The van der Waals surface area contributed by atoms with Gasteiger partial charge in [-0.25, -0.2) is 0 Å². The summed E-state index contributed by atoms with van der Waals surface area (Å²) in [5.41, 5.74) is 6.86. The molecular formula is C6H12N4. The van der Waals surface area contributed by atoms with Gasteiger partial charge in [0.1, 0.15) is 13.1 Å². The molecule has 4 nitrogen and oxygen atoms in total. The van der Waals surface area contributed by atoms with E-state index in [0.717, 1.165) is 30.5 Å². The van der Waals surface area contributed by atoms with Crippen molar-refractivity contribution in [3.8, 4) is 0 Å². The molecule has 2 aliphatic rings. The number of amidine groups is 1. The Kier molecular flexibility index (Phi) is 1.18. The summed E-state index contributed by atoms with van der Waals surface area (Å²) < 4.78 is 0.786. The van der Waals surface area contributed by atoms with Gasteiger partial charge in [0, 0.05) is 6.42 Å². The van der Waals surface area contributed by atoms with Gasteiger partial charge in [-0.2, -0.15) is 0 Å². The summed E-state index contributed by atoms with van der Waals surface area (Å²) in [6.07, 6.45) is 2.24. The third-order valence-electron chi connectivity index (χ3n) is 2.02. The summed E-state index contributed by atoms with van der Waals surface area (Å²) in [7, 11) is 0. The molecular weight excluding hydrogens is 128 g/mol. The first kappa shape index (κ1) is 6.12. The predicted molar refractivity (Wildman–Crippen MR) is 38.8 cm³/mol. The number of hydrazone groups is 1. The Balaban J connectivity index is 2.05. The maximum Gasteiger partial charge on any atom is 0.210 e. The van der Waals surface area contributed by atoms with Gasteiger partial charge in [-0.05, 0) is 6.42 Å². The summed E-state index contributed by atoms with van der Waals surface area (Å²) in [5.74, 6) is 1.21. The molecule has 1 fully saturated rings. The summed E-state index contributed by atoms with van der Waals surface area (Å²) in [6, 6.07) is 0. The van der Waals surface area contributed by atoms with Crippen molar-refractivity contribution in [3.63, 3.8) is 0 Å². The van der Waals surface area contributed by atoms with Crippen LogP contribution in [0.5, 0.6) is 0 Å². The fourth-order valence-electron chi connectivity index (χ4n) is 1.26. The van der Waals surface area contributed by atoms with Gasteiger partial charge >= 0.3 is 0 Å². The lowest BCUT2D eigenvalue weighted by Gasteiger charge is -2.21. The predicted octanol–water partition coefficient (Wildman–Crippen LogP) is 0.737. The van der Waals surface area contributed by atoms with Crippen molar-refractivity contribution in [2.24, 2.45) is 5.10 Å². The van der Waals surface area contributed by atoms with E-state index >= 15 is 0 Å². The van der Waals surface area contributed by atoms with Crippen LogP contribution in [0.4, 0.5) is 0 Å². The van der Waals surface area contributed by atoms with Gasteiger partial charge in [0.2, 0.25) is 5.84 Å². The zero-order chi connectivity index (χ0) is 7.03. The summed E-state index contributed by atoms with van der Waals surface area (Å²) in [4.78, 5) is 0. The Bertz CT molecular complexity index is 171. The van der Waals surface area contributed by atoms with Crippen LogP contribution < -0.4 is 5.53 Å². The van der Waals surface area contributed by atoms with Crippen LogP contribution in [0, 0.1) is 0 Å². The molecule has 56 valence electrons. The van der Waals surface area contributed by atoms with Crippen LogP contribution in [0.3, 0.4) is 0 Å². The molecule has 4 heteroatoms. The van der Waals surface area contributed by atoms with E-state index in [1.165, 1.54) is 5.84 Å². The van der Waals surface area contributed by atoms with Crippen molar-refractivity contribution >= 4 is 5.84 Å². The third kappa shape index (κ3) is 0.726. The Labute approximate surface area is 60.4 Å². The Morgan fingerprint density at radius 1 is 1.70 bits per heavy atom. The minimum Gasteiger partial charge on any atom is -0.354 e. The van der Waals surface area contributed by atoms with Crippen molar-refractivity contribution < 1.29 is 4.59 Å². The largest absolute Gasteiger partial charge is 0.354 e. The van der Waals surface area contributed by atoms with E-state index in [1.807, 2.05) is 0 Å². The Morgan fingerprint density at radius 3 is 3.10 bits per heavy atom. The molecule has 1 spiro atoms. The Hall–Kier alpha value is -0.610. The molecule has 10 heavy (non-hydrogen) atoms. The highest BCUT2D eigenvalue weighted by Gasteiger charge is 2.42. The molecule has 0 aliphatic carbocycles. The van der Waals surface area contributed by atoms with E-state index in [4.69, 9.17) is 0 Å². The highest BCUT2D eigenvalue weighted by molar-refractivity contribution is 5.78. The summed E-state index contributed by atoms with van der Waals surface area (Å²) in [6.45, 7) is 4.46. The van der Waals surface area contributed by atoms with Crippen LogP contribution in [-0.2, 0) is 0 Å². The third-order valence-corrected chi connectivity index (χ3v) is 2.02. The topological polar surface area (TPSA) is 38.5 Å². The van der Waals surface area contributed by atoms with E-state index in [-0.39, 0.29) is 0 Å². The number of hydrogen-bond donors (Lipinski definition) is 1. The van der Waals surface area contributed by atoms with Crippen LogP contribution >= 0.6 is 0 Å². The van der Waals surface area contributed by atoms with Gasteiger partial charge in [-0.3, -0.25) is 0 Å². The minimum atomic E-state index is 0.786. The van der Waals surface area contributed by atoms with Gasteiger partial charge in [-0.15, -0.1) is 5.10 Å². The summed E-state index contributed by atoms with van der Waals surface area (Å²) >= 11 is 0. The molecule has 1 N–H and O–H groups in total. The highest BCUT2D eigenvalue weighted by atomic mass is 15.9. The van der Waals surface area contributed by atoms with Crippen LogP contribution in [0.2, 0.25) is 0 Å². The normalized spacial score (nSPS) is 26.3. The first-order chi connectivity index (χ1) is 4.87. The van der Waals surface area contributed by atoms with Crippen LogP contribution in [0.1, 0.15) is 19.8 Å². The molecule has 0 aromatic heterocycles. The molecule has 0 amide bonds. The second-order valence-electron chi connectivity index (χ2n) is 2.85. The molecule has 2 aliphatic heterocycles. The van der Waals surface area contributed by atoms with E-state index in [0.29, 0.717) is 0 Å². The van der Waals surface area contributed by atoms with Crippen molar-refractivity contribution in [1.29, 1.82) is 0 Å². The molecule has 0 saturated carbocycles. The zero-order valence-corrected chi connectivity index (χ0v) is 6.17. The number of quaternary nitrogens is 1. The molecule has 2 heterocycles. The van der Waals surface area contributed by atoms with E-state index in [1.54, 1.807) is 0 Å². The van der Waals surface area contributed by atoms with Gasteiger partial charge in [-0.1, -0.05) is 6.92 Å². The monoisotopic (exact) mass is 140 g/mol. The molecule has 0 atom stereocenters. The van der Waals surface area contributed by atoms with Crippen LogP contribution in [0.15, 0.2) is 5.10 Å². The standard InChI is InChI=1S/C6H12N4/c1-2-3-6-7-8-9-10(6)4-5-10/h8H,2-5H2,1H3. The highest BCUT2D eigenvalue weighted by Crippen LogP contribution is 2.31. The fourth-order valence-corrected chi connectivity index (χ4v) is 1.26. The zero-order valence-electron chi connectivity index (χ0n) is 6.17. The molecule has 1 saturated heterocycles. The van der Waals surface area contributed by atoms with Crippen molar-refractivity contribution in [3.05, 3.63) is 5.53 Å². The van der Waals surface area contributed by atoms with Gasteiger partial charge < -0.3 is 15.7 Å². The smallest absolute Gasteiger partial charge is 0.210 e. The van der Waals surface area contributed by atoms with Gasteiger partial charge in [0.05, 0.1) is 0 Å². The first-order valence-electron chi connectivity index (χ1n) is 3.79. The van der Waals surface area contributed by atoms with Crippen molar-refractivity contribution in [2.75, 3.05) is 13.1 Å². The number of nitrogens with zero attached hydrogens (tertiary/aromatic N) is 3. The average Bonchev–Trinajstić information content (AvgIpc) is 2.57. The maximum atomic E-state index is 4.16. The molecule has 2 rings (SSSR count). The quantitative estimate of drug-likeness (QED) is 0.446. The summed E-state index contributed by atoms with van der Waals surface area (Å²) in [5, 5.41) is 4.11. The average molecular weight is 140 g/mol. The van der Waals surface area contributed by atoms with E-state index < -0.39 is 0 Å². The van der Waals surface area contributed by atoms with Crippen molar-refractivity contribution in [1.82, 2.24) is 5.53 Å². The van der Waals surface area contributed by atoms with Crippen LogP contribution in [-0.4, -0.2) is 23.5 Å². The van der Waals surface area contributed by atoms with Crippen LogP contribution in [0.25, 0.3) is 5.53 Å². The number of nitrogens with one attached hydrogen (secondary N) is 1. The molecule has 0 unspecified atom stereocenters. The second kappa shape index (κ2) is 1.93. The lowest BCUT2D eigenvalue weighted by atomic mass is 10.3. The van der Waals surface area contributed by atoms with Crippen molar-refractivity contribution in [2.45, 2.75) is 19.8 Å². The molecule has 0 aromatic rings. The number of rotatable bonds is 2. The van der Waals surface area contributed by atoms with E-state index in [9.17, 15) is 0 Å².